The van der Waals surface area contributed by atoms with Crippen LogP contribution >= 0.6 is 0 Å². The maximum atomic E-state index is 7.90. The summed E-state index contributed by atoms with van der Waals surface area (Å²) in [6.07, 6.45) is 0. The molecule has 0 saturated heterocycles. The molecule has 0 radical (unpaired) electrons. The summed E-state index contributed by atoms with van der Waals surface area (Å²) in [6, 6.07) is 0. The van der Waals surface area contributed by atoms with E-state index >= 15 is 0 Å². The topological polar surface area (TPSA) is 29.5 Å². The maximum Gasteiger partial charge on any atom is 0.0949 e. The summed E-state index contributed by atoms with van der Waals surface area (Å²) in [5, 5.41) is 7.90. The Labute approximate surface area is 71.3 Å². The molecule has 0 aromatic carbocycles. The second-order valence-corrected chi connectivity index (χ2v) is 2.20. The van der Waals surface area contributed by atoms with Gasteiger partial charge in [-0.15, -0.1) is 0 Å². The van der Waals surface area contributed by atoms with E-state index in [0.717, 1.165) is 0 Å². The number of hydrogen-bond acceptors (Lipinski definition) is 2. The van der Waals surface area contributed by atoms with E-state index in [9.17, 15) is 0 Å². The van der Waals surface area contributed by atoms with Crippen LogP contribution in [0.2, 0.25) is 0 Å². The number of hydrogen-bond donors (Lipinski definition) is 1. The minimum Gasteiger partial charge on any atom is -0.358 e. The molecule has 0 aliphatic heterocycles. The van der Waals surface area contributed by atoms with E-state index < -0.39 is 5.60 Å². The van der Waals surface area contributed by atoms with Crippen LogP contribution < -0.4 is 0 Å². The van der Waals surface area contributed by atoms with Gasteiger partial charge < -0.3 is 7.43 Å². The zero-order valence-corrected chi connectivity index (χ0v) is 10.1. The van der Waals surface area contributed by atoms with Crippen LogP contribution in [0.5, 0.6) is 0 Å². The van der Waals surface area contributed by atoms with Crippen molar-refractivity contribution in [1.82, 2.24) is 0 Å². The molecular weight excluding hydrogens is 204 g/mol. The van der Waals surface area contributed by atoms with Gasteiger partial charge in [-0.2, -0.15) is 0 Å². The quantitative estimate of drug-likeness (QED) is 0.290. The summed E-state index contributed by atoms with van der Waals surface area (Å²) in [5.74, 6) is 0. The van der Waals surface area contributed by atoms with Crippen molar-refractivity contribution in [2.45, 2.75) is 26.4 Å². The molecule has 3 heteroatoms. The molecule has 0 fully saturated rings. The predicted molar refractivity (Wildman–Crippen MR) is 29.9 cm³/mol. The molecule has 0 spiro atoms. The molecule has 0 aliphatic carbocycles. The predicted octanol–water partition coefficient (Wildman–Crippen LogP) is 1.72. The van der Waals surface area contributed by atoms with Gasteiger partial charge in [-0.05, 0) is 20.8 Å². The van der Waals surface area contributed by atoms with Crippen molar-refractivity contribution in [3.63, 3.8) is 0 Å². The minimum atomic E-state index is -0.403. The van der Waals surface area contributed by atoms with Crippen molar-refractivity contribution in [2.24, 2.45) is 0 Å². The molecular formula is C5H13CdO2-. The molecule has 2 nitrogen and oxygen atoms in total. The third-order valence-electron chi connectivity index (χ3n) is 0.274. The van der Waals surface area contributed by atoms with Crippen LogP contribution in [0.1, 0.15) is 20.8 Å². The maximum absolute atomic E-state index is 7.90. The Morgan fingerprint density at radius 1 is 1.25 bits per heavy atom. The van der Waals surface area contributed by atoms with Gasteiger partial charge in [0, 0.05) is 27.3 Å². The first-order chi connectivity index (χ1) is 2.56. The summed E-state index contributed by atoms with van der Waals surface area (Å²) in [7, 11) is 0. The largest absolute Gasteiger partial charge is 0.358 e. The molecule has 0 bridgehead atoms. The van der Waals surface area contributed by atoms with Gasteiger partial charge >= 0.3 is 0 Å². The van der Waals surface area contributed by atoms with Crippen molar-refractivity contribution >= 4 is 0 Å². The van der Waals surface area contributed by atoms with E-state index in [1.807, 2.05) is 0 Å². The van der Waals surface area contributed by atoms with Gasteiger partial charge in [-0.3, -0.25) is 5.26 Å². The first-order valence-electron chi connectivity index (χ1n) is 1.89. The van der Waals surface area contributed by atoms with Gasteiger partial charge in [0.1, 0.15) is 0 Å². The first kappa shape index (κ1) is 15.9. The van der Waals surface area contributed by atoms with Crippen LogP contribution in [0, 0.1) is 7.43 Å². The van der Waals surface area contributed by atoms with E-state index in [1.165, 1.54) is 0 Å². The van der Waals surface area contributed by atoms with Gasteiger partial charge in [-0.25, -0.2) is 4.89 Å². The molecule has 1 N–H and O–H groups in total. The van der Waals surface area contributed by atoms with E-state index in [0.29, 0.717) is 0 Å². The Morgan fingerprint density at radius 3 is 1.38 bits per heavy atom. The normalized spacial score (nSPS) is 9.00. The summed E-state index contributed by atoms with van der Waals surface area (Å²) < 4.78 is 0. The van der Waals surface area contributed by atoms with Crippen LogP contribution in [0.25, 0.3) is 0 Å². The molecule has 0 aromatic rings. The third-order valence-corrected chi connectivity index (χ3v) is 0.274. The SMILES string of the molecule is CC(C)(C)OO.[CH3-].[Cd]. The molecule has 0 amide bonds. The van der Waals surface area contributed by atoms with E-state index in [-0.39, 0.29) is 34.7 Å². The smallest absolute Gasteiger partial charge is 0.0949 e. The molecule has 0 atom stereocenters. The van der Waals surface area contributed by atoms with E-state index in [1.54, 1.807) is 20.8 Å². The second kappa shape index (κ2) is 5.97. The average Bonchev–Trinajstić information content (AvgIpc) is 1.35. The van der Waals surface area contributed by atoms with Crippen molar-refractivity contribution in [3.05, 3.63) is 7.43 Å². The summed E-state index contributed by atoms with van der Waals surface area (Å²) in [4.78, 5) is 3.94. The Kier molecular flexibility index (Phi) is 11.9. The number of rotatable bonds is 0. The van der Waals surface area contributed by atoms with E-state index in [2.05, 4.69) is 4.89 Å². The monoisotopic (exact) mass is 219 g/mol. The summed E-state index contributed by atoms with van der Waals surface area (Å²) >= 11 is 0. The molecule has 0 unspecified atom stereocenters. The molecule has 0 saturated carbocycles. The Morgan fingerprint density at radius 2 is 1.38 bits per heavy atom. The minimum absolute atomic E-state index is 0. The van der Waals surface area contributed by atoms with Crippen molar-refractivity contribution in [1.29, 1.82) is 0 Å². The van der Waals surface area contributed by atoms with Crippen molar-refractivity contribution in [2.75, 3.05) is 0 Å². The van der Waals surface area contributed by atoms with Gasteiger partial charge in [0.15, 0.2) is 0 Å². The van der Waals surface area contributed by atoms with Gasteiger partial charge in [-0.1, -0.05) is 0 Å². The zero-order valence-electron chi connectivity index (χ0n) is 6.06. The fourth-order valence-electron chi connectivity index (χ4n) is 0. The fraction of sp³-hybridized carbons (Fsp3) is 0.800. The first-order valence-corrected chi connectivity index (χ1v) is 1.89. The van der Waals surface area contributed by atoms with Crippen LogP contribution in [0.15, 0.2) is 0 Å². The molecule has 48 valence electrons. The summed E-state index contributed by atoms with van der Waals surface area (Å²) in [5.41, 5.74) is -0.403. The van der Waals surface area contributed by atoms with Crippen LogP contribution in [0.4, 0.5) is 0 Å². The average molecular weight is 218 g/mol. The third kappa shape index (κ3) is 15.8. The zero-order chi connectivity index (χ0) is 5.21. The van der Waals surface area contributed by atoms with Crippen molar-refractivity contribution < 1.29 is 37.4 Å². The van der Waals surface area contributed by atoms with Crippen LogP contribution in [-0.4, -0.2) is 10.9 Å². The molecule has 0 rings (SSSR count). The Hall–Kier alpha value is 0.842. The fourth-order valence-corrected chi connectivity index (χ4v) is 0. The van der Waals surface area contributed by atoms with Crippen molar-refractivity contribution in [3.8, 4) is 0 Å². The second-order valence-electron chi connectivity index (χ2n) is 2.20. The Balaban J connectivity index is -0.000000125. The summed E-state index contributed by atoms with van der Waals surface area (Å²) in [6.45, 7) is 5.31. The molecule has 8 heavy (non-hydrogen) atoms. The van der Waals surface area contributed by atoms with Gasteiger partial charge in [0.05, 0.1) is 5.60 Å². The van der Waals surface area contributed by atoms with Crippen LogP contribution in [-0.2, 0) is 32.2 Å². The Bertz CT molecular complexity index is 40.2. The molecule has 0 heterocycles. The standard InChI is InChI=1S/C4H10O2.CH3.Cd/c1-4(2,3)6-5;;/h5H,1-3H3;1H3;/q;-1;. The van der Waals surface area contributed by atoms with Crippen LogP contribution in [0.3, 0.4) is 0 Å². The molecule has 0 aliphatic rings. The van der Waals surface area contributed by atoms with Gasteiger partial charge in [0.2, 0.25) is 0 Å². The van der Waals surface area contributed by atoms with Gasteiger partial charge in [0.25, 0.3) is 0 Å². The van der Waals surface area contributed by atoms with E-state index in [4.69, 9.17) is 5.26 Å². The molecule has 0 aromatic heterocycles.